The molecule has 0 heterocycles. The lowest BCUT2D eigenvalue weighted by molar-refractivity contribution is -0.152. The first-order valence-corrected chi connectivity index (χ1v) is 11.2. The summed E-state index contributed by atoms with van der Waals surface area (Å²) in [6, 6.07) is 7.63. The van der Waals surface area contributed by atoms with Crippen LogP contribution >= 0.6 is 0 Å². The number of hydrogen-bond donors (Lipinski definition) is 4. The Morgan fingerprint density at radius 3 is 2.03 bits per heavy atom. The number of aliphatic carboxylic acids is 1. The minimum absolute atomic E-state index is 0.0950. The summed E-state index contributed by atoms with van der Waals surface area (Å²) in [6.07, 6.45) is 12.5. The Balaban J connectivity index is 1.82. The van der Waals surface area contributed by atoms with Gasteiger partial charge < -0.3 is 5.11 Å². The molecule has 2 fully saturated rings. The number of hydrogen-bond acceptors (Lipinski definition) is 4. The lowest BCUT2D eigenvalue weighted by Gasteiger charge is -2.46. The highest BCUT2D eigenvalue weighted by Crippen LogP contribution is 2.45. The third kappa shape index (κ3) is 4.93. The number of rotatable bonds is 8. The van der Waals surface area contributed by atoms with Gasteiger partial charge in [0.1, 0.15) is 5.54 Å². The summed E-state index contributed by atoms with van der Waals surface area (Å²) in [6.45, 7) is 2.04. The Morgan fingerprint density at radius 2 is 1.53 bits per heavy atom. The van der Waals surface area contributed by atoms with E-state index in [-0.39, 0.29) is 17.9 Å². The highest BCUT2D eigenvalue weighted by atomic mass is 16.5. The van der Waals surface area contributed by atoms with E-state index in [1.807, 2.05) is 31.2 Å². The molecular weight excluding hydrogens is 380 g/mol. The summed E-state index contributed by atoms with van der Waals surface area (Å²) in [4.78, 5) is 23.9. The molecule has 3 rings (SSSR count). The van der Waals surface area contributed by atoms with Crippen molar-refractivity contribution in [2.24, 2.45) is 11.8 Å². The van der Waals surface area contributed by atoms with Crippen LogP contribution in [0.1, 0.15) is 81.9 Å². The summed E-state index contributed by atoms with van der Waals surface area (Å²) in [7, 11) is 0. The van der Waals surface area contributed by atoms with Gasteiger partial charge in [0, 0.05) is 12.1 Å². The molecule has 164 valence electrons. The number of carbonyl (C=O) groups excluding carboxylic acids is 1. The molecule has 0 bridgehead atoms. The fourth-order valence-corrected chi connectivity index (χ4v) is 5.47. The van der Waals surface area contributed by atoms with Crippen molar-refractivity contribution in [2.45, 2.75) is 76.3 Å². The molecule has 4 N–H and O–H groups in total. The van der Waals surface area contributed by atoms with Crippen molar-refractivity contribution in [3.63, 3.8) is 0 Å². The summed E-state index contributed by atoms with van der Waals surface area (Å²) >= 11 is 0. The van der Waals surface area contributed by atoms with Crippen LogP contribution in [0, 0.1) is 11.8 Å². The molecule has 0 aliphatic heterocycles. The van der Waals surface area contributed by atoms with E-state index in [9.17, 15) is 14.7 Å². The van der Waals surface area contributed by atoms with Gasteiger partial charge in [-0.15, -0.1) is 0 Å². The van der Waals surface area contributed by atoms with Gasteiger partial charge in [-0.05, 0) is 61.6 Å². The third-order valence-electron chi connectivity index (χ3n) is 7.03. The molecule has 6 heteroatoms. The summed E-state index contributed by atoms with van der Waals surface area (Å²) in [5.74, 6) is -0.916. The molecule has 0 saturated heterocycles. The van der Waals surface area contributed by atoms with Crippen molar-refractivity contribution < 1.29 is 19.9 Å². The van der Waals surface area contributed by atoms with E-state index in [4.69, 9.17) is 5.21 Å². The Bertz CT molecular complexity index is 749. The molecule has 1 unspecified atom stereocenters. The topological polar surface area (TPSA) is 98.7 Å². The predicted molar refractivity (Wildman–Crippen MR) is 116 cm³/mol. The van der Waals surface area contributed by atoms with E-state index < -0.39 is 17.4 Å². The van der Waals surface area contributed by atoms with Crippen LogP contribution in [0.4, 0.5) is 0 Å². The van der Waals surface area contributed by atoms with Crippen LogP contribution in [-0.2, 0) is 9.59 Å². The zero-order valence-corrected chi connectivity index (χ0v) is 17.8. The van der Waals surface area contributed by atoms with Crippen molar-refractivity contribution >= 4 is 18.0 Å². The highest BCUT2D eigenvalue weighted by Gasteiger charge is 2.52. The van der Waals surface area contributed by atoms with Gasteiger partial charge in [0.2, 0.25) is 0 Å². The number of carboxylic acid groups (broad SMARTS) is 1. The predicted octanol–water partition coefficient (Wildman–Crippen LogP) is 4.45. The van der Waals surface area contributed by atoms with Crippen molar-refractivity contribution in [3.8, 4) is 0 Å². The summed E-state index contributed by atoms with van der Waals surface area (Å²) in [5.41, 5.74) is 2.56. The van der Waals surface area contributed by atoms with Crippen molar-refractivity contribution in [2.75, 3.05) is 0 Å². The second kappa shape index (κ2) is 10.2. The SMILES string of the molecule is CC(N[C@](C(=O)O)(C1CCCCC1)C1CCCC1)c1ccc(C=CC(=O)NO)cc1. The van der Waals surface area contributed by atoms with Gasteiger partial charge in [-0.25, -0.2) is 5.48 Å². The number of amides is 1. The number of nitrogens with one attached hydrogen (secondary N) is 2. The van der Waals surface area contributed by atoms with Crippen LogP contribution in [0.5, 0.6) is 0 Å². The maximum atomic E-state index is 12.8. The fraction of sp³-hybridized carbons (Fsp3) is 0.583. The van der Waals surface area contributed by atoms with Gasteiger partial charge >= 0.3 is 5.97 Å². The fourth-order valence-electron chi connectivity index (χ4n) is 5.47. The third-order valence-corrected chi connectivity index (χ3v) is 7.03. The van der Waals surface area contributed by atoms with E-state index in [0.29, 0.717) is 0 Å². The molecule has 0 spiro atoms. The maximum Gasteiger partial charge on any atom is 0.324 e. The Labute approximate surface area is 178 Å². The van der Waals surface area contributed by atoms with E-state index in [0.717, 1.165) is 62.5 Å². The van der Waals surface area contributed by atoms with Gasteiger partial charge in [0.15, 0.2) is 0 Å². The first-order chi connectivity index (χ1) is 14.5. The molecule has 6 nitrogen and oxygen atoms in total. The first kappa shape index (κ1) is 22.5. The van der Waals surface area contributed by atoms with Crippen LogP contribution in [-0.4, -0.2) is 27.7 Å². The van der Waals surface area contributed by atoms with Crippen LogP contribution in [0.25, 0.3) is 6.08 Å². The van der Waals surface area contributed by atoms with Gasteiger partial charge in [-0.3, -0.25) is 20.1 Å². The van der Waals surface area contributed by atoms with Crippen LogP contribution in [0.15, 0.2) is 30.3 Å². The quantitative estimate of drug-likeness (QED) is 0.286. The minimum atomic E-state index is -0.867. The molecule has 0 radical (unpaired) electrons. The Morgan fingerprint density at radius 1 is 1.00 bits per heavy atom. The van der Waals surface area contributed by atoms with E-state index in [1.165, 1.54) is 12.5 Å². The van der Waals surface area contributed by atoms with E-state index in [2.05, 4.69) is 5.32 Å². The number of hydroxylamine groups is 1. The molecule has 1 amide bonds. The monoisotopic (exact) mass is 414 g/mol. The second-order valence-electron chi connectivity index (χ2n) is 8.83. The Hall–Kier alpha value is -2.18. The first-order valence-electron chi connectivity index (χ1n) is 11.2. The molecule has 2 aliphatic rings. The zero-order valence-electron chi connectivity index (χ0n) is 17.8. The largest absolute Gasteiger partial charge is 0.480 e. The summed E-state index contributed by atoms with van der Waals surface area (Å²) in [5, 5.41) is 22.7. The number of carboxylic acids is 1. The van der Waals surface area contributed by atoms with E-state index >= 15 is 0 Å². The molecule has 2 aliphatic carbocycles. The molecule has 30 heavy (non-hydrogen) atoms. The number of carbonyl (C=O) groups is 2. The van der Waals surface area contributed by atoms with Crippen LogP contribution in [0.2, 0.25) is 0 Å². The van der Waals surface area contributed by atoms with Gasteiger partial charge in [-0.1, -0.05) is 56.4 Å². The minimum Gasteiger partial charge on any atom is -0.480 e. The smallest absolute Gasteiger partial charge is 0.324 e. The van der Waals surface area contributed by atoms with Gasteiger partial charge in [-0.2, -0.15) is 0 Å². The molecule has 2 saturated carbocycles. The Kier molecular flexibility index (Phi) is 7.67. The van der Waals surface area contributed by atoms with Crippen molar-refractivity contribution in [3.05, 3.63) is 41.5 Å². The molecule has 1 aromatic rings. The molecular formula is C24H34N2O4. The standard InChI is InChI=1S/C24H34N2O4/c1-17(19-14-11-18(12-15-19)13-16-22(27)26-30)25-24(23(28)29,21-9-5-6-10-21)20-7-3-2-4-8-20/h11-17,20-21,25,30H,2-10H2,1H3,(H,26,27)(H,28,29)/t17?,24-/m1/s1. The highest BCUT2D eigenvalue weighted by molar-refractivity contribution is 5.90. The number of benzene rings is 1. The van der Waals surface area contributed by atoms with Crippen LogP contribution < -0.4 is 10.8 Å². The zero-order chi connectivity index (χ0) is 21.6. The van der Waals surface area contributed by atoms with Crippen molar-refractivity contribution in [1.82, 2.24) is 10.8 Å². The second-order valence-corrected chi connectivity index (χ2v) is 8.83. The normalized spacial score (nSPS) is 21.4. The molecule has 0 aromatic heterocycles. The molecule has 1 aromatic carbocycles. The van der Waals surface area contributed by atoms with Crippen molar-refractivity contribution in [1.29, 1.82) is 0 Å². The van der Waals surface area contributed by atoms with Gasteiger partial charge in [0.05, 0.1) is 0 Å². The van der Waals surface area contributed by atoms with Gasteiger partial charge in [0.25, 0.3) is 5.91 Å². The average molecular weight is 415 g/mol. The molecule has 2 atom stereocenters. The average Bonchev–Trinajstić information content (AvgIpc) is 3.31. The lowest BCUT2D eigenvalue weighted by atomic mass is 9.67. The summed E-state index contributed by atoms with van der Waals surface area (Å²) < 4.78 is 0. The van der Waals surface area contributed by atoms with E-state index in [1.54, 1.807) is 11.6 Å². The van der Waals surface area contributed by atoms with Crippen LogP contribution in [0.3, 0.4) is 0 Å². The lowest BCUT2D eigenvalue weighted by Crippen LogP contribution is -2.62. The maximum absolute atomic E-state index is 12.8.